The van der Waals surface area contributed by atoms with Gasteiger partial charge in [-0.3, -0.25) is 9.59 Å². The van der Waals surface area contributed by atoms with Gasteiger partial charge in [0.2, 0.25) is 10.2 Å². The van der Waals surface area contributed by atoms with Gasteiger partial charge in [-0.1, -0.05) is 137 Å². The first-order valence-corrected chi connectivity index (χ1v) is 12.9. The average Bonchev–Trinajstić information content (AvgIpc) is 2.79. The second kappa shape index (κ2) is 17.2. The van der Waals surface area contributed by atoms with Crippen molar-refractivity contribution in [1.82, 2.24) is 0 Å². The van der Waals surface area contributed by atoms with E-state index >= 15 is 0 Å². The predicted octanol–water partition coefficient (Wildman–Crippen LogP) is 8.28. The van der Waals surface area contributed by atoms with E-state index in [2.05, 4.69) is 20.8 Å². The molecule has 164 valence electrons. The van der Waals surface area contributed by atoms with Crippen LogP contribution in [0, 0.1) is 0 Å². The van der Waals surface area contributed by atoms with Crippen LogP contribution < -0.4 is 0 Å². The highest BCUT2D eigenvalue weighted by Crippen LogP contribution is 2.21. The Morgan fingerprint density at radius 2 is 1.27 bits per heavy atom. The van der Waals surface area contributed by atoms with Crippen molar-refractivity contribution in [3.05, 3.63) is 71.8 Å². The Balaban J connectivity index is 0.000000300. The number of thioether (sulfide) groups is 2. The summed E-state index contributed by atoms with van der Waals surface area (Å²) in [7, 11) is 0. The zero-order chi connectivity index (χ0) is 22.0. The fraction of sp³-hybridized carbons (Fsp3) is 0.462. The molecule has 30 heavy (non-hydrogen) atoms. The topological polar surface area (TPSA) is 34.1 Å². The molecule has 1 atom stereocenters. The van der Waals surface area contributed by atoms with Gasteiger partial charge < -0.3 is 0 Å². The van der Waals surface area contributed by atoms with Gasteiger partial charge in [0.05, 0.1) is 0 Å². The molecule has 0 aliphatic carbocycles. The summed E-state index contributed by atoms with van der Waals surface area (Å²) in [4.78, 5) is 23.4. The molecule has 0 heterocycles. The summed E-state index contributed by atoms with van der Waals surface area (Å²) in [6.45, 7) is 6.50. The van der Waals surface area contributed by atoms with Gasteiger partial charge >= 0.3 is 0 Å². The number of rotatable bonds is 11. The van der Waals surface area contributed by atoms with Gasteiger partial charge in [-0.25, -0.2) is 0 Å². The minimum atomic E-state index is 0.194. The highest BCUT2D eigenvalue weighted by molar-refractivity contribution is 8.14. The summed E-state index contributed by atoms with van der Waals surface area (Å²) in [5.74, 6) is 0.952. The molecule has 0 aliphatic rings. The molecule has 0 fully saturated rings. The highest BCUT2D eigenvalue weighted by Gasteiger charge is 2.10. The largest absolute Gasteiger partial charge is 0.282 e. The molecular formula is C26H36O2S2. The fourth-order valence-electron chi connectivity index (χ4n) is 2.73. The van der Waals surface area contributed by atoms with Gasteiger partial charge in [-0.15, -0.1) is 0 Å². The number of carbonyl (C=O) groups excluding carboxylic acids is 2. The Morgan fingerprint density at radius 3 is 1.80 bits per heavy atom. The van der Waals surface area contributed by atoms with E-state index < -0.39 is 0 Å². The van der Waals surface area contributed by atoms with E-state index in [1.165, 1.54) is 55.6 Å². The molecule has 2 aromatic carbocycles. The Kier molecular flexibility index (Phi) is 15.2. The van der Waals surface area contributed by atoms with Crippen LogP contribution >= 0.6 is 23.5 Å². The summed E-state index contributed by atoms with van der Waals surface area (Å²) in [6.07, 6.45) is 8.44. The second-order valence-corrected chi connectivity index (χ2v) is 9.77. The van der Waals surface area contributed by atoms with Crippen LogP contribution in [0.2, 0.25) is 0 Å². The molecule has 0 bridgehead atoms. The molecule has 1 unspecified atom stereocenters. The molecule has 0 saturated carbocycles. The lowest BCUT2D eigenvalue weighted by Crippen LogP contribution is -2.02. The van der Waals surface area contributed by atoms with Crippen molar-refractivity contribution >= 4 is 33.8 Å². The molecule has 2 rings (SSSR count). The Morgan fingerprint density at radius 1 is 0.733 bits per heavy atom. The summed E-state index contributed by atoms with van der Waals surface area (Å²) in [5.41, 5.74) is 1.63. The van der Waals surface area contributed by atoms with E-state index in [4.69, 9.17) is 0 Å². The van der Waals surface area contributed by atoms with Gasteiger partial charge in [-0.2, -0.15) is 0 Å². The van der Waals surface area contributed by atoms with Crippen LogP contribution in [0.3, 0.4) is 0 Å². The minimum absolute atomic E-state index is 0.194. The monoisotopic (exact) mass is 444 g/mol. The number of unbranched alkanes of at least 4 members (excludes halogenated alkanes) is 4. The van der Waals surface area contributed by atoms with Gasteiger partial charge in [0.25, 0.3) is 0 Å². The molecule has 2 nitrogen and oxygen atoms in total. The normalized spacial score (nSPS) is 11.3. The van der Waals surface area contributed by atoms with E-state index in [1.807, 2.05) is 60.7 Å². The van der Waals surface area contributed by atoms with Crippen molar-refractivity contribution in [1.29, 1.82) is 0 Å². The number of carbonyl (C=O) groups is 2. The Hall–Kier alpha value is -1.52. The average molecular weight is 445 g/mol. The highest BCUT2D eigenvalue weighted by atomic mass is 32.2. The summed E-state index contributed by atoms with van der Waals surface area (Å²) in [6, 6.07) is 19.0. The summed E-state index contributed by atoms with van der Waals surface area (Å²) < 4.78 is 0. The predicted molar refractivity (Wildman–Crippen MR) is 135 cm³/mol. The fourth-order valence-corrected chi connectivity index (χ4v) is 4.49. The summed E-state index contributed by atoms with van der Waals surface area (Å²) >= 11 is 2.89. The molecule has 0 aliphatic heterocycles. The Bertz CT molecular complexity index is 701. The van der Waals surface area contributed by atoms with Gasteiger partial charge in [0.1, 0.15) is 0 Å². The van der Waals surface area contributed by atoms with Gasteiger partial charge in [0, 0.05) is 22.1 Å². The molecule has 2 aromatic rings. The molecule has 0 radical (unpaired) electrons. The third-order valence-electron chi connectivity index (χ3n) is 4.52. The molecule has 0 aromatic heterocycles. The van der Waals surface area contributed by atoms with Crippen LogP contribution in [0.4, 0.5) is 0 Å². The van der Waals surface area contributed by atoms with Crippen molar-refractivity contribution in [2.24, 2.45) is 0 Å². The van der Waals surface area contributed by atoms with E-state index in [1.54, 1.807) is 0 Å². The Labute approximate surface area is 191 Å². The van der Waals surface area contributed by atoms with Crippen LogP contribution in [-0.4, -0.2) is 21.2 Å². The zero-order valence-electron chi connectivity index (χ0n) is 18.6. The maximum Gasteiger partial charge on any atom is 0.219 e. The van der Waals surface area contributed by atoms with Crippen LogP contribution in [0.25, 0.3) is 0 Å². The zero-order valence-corrected chi connectivity index (χ0v) is 20.3. The molecule has 4 heteroatoms. The lowest BCUT2D eigenvalue weighted by Gasteiger charge is -2.08. The van der Waals surface area contributed by atoms with E-state index in [9.17, 15) is 9.59 Å². The van der Waals surface area contributed by atoms with E-state index in [-0.39, 0.29) is 10.2 Å². The smallest absolute Gasteiger partial charge is 0.219 e. The van der Waals surface area contributed by atoms with E-state index in [0.29, 0.717) is 5.25 Å². The number of hydrogen-bond acceptors (Lipinski definition) is 4. The standard InChI is InChI=1S/2C13H18OS/c1-3-4-8-11(2)15-13(14)12-9-6-5-7-10-12;1-2-3-4-8-11-15-13(14)12-9-6-5-7-10-12/h5-7,9-11H,3-4,8H2,1-2H3;5-7,9-10H,2-4,8,11H2,1H3. The first-order chi connectivity index (χ1) is 14.6. The molecule has 0 N–H and O–H groups in total. The summed E-state index contributed by atoms with van der Waals surface area (Å²) in [5, 5.41) is 0.823. The lowest BCUT2D eigenvalue weighted by molar-refractivity contribution is 0.108. The van der Waals surface area contributed by atoms with Crippen LogP contribution in [0.15, 0.2) is 60.7 Å². The van der Waals surface area contributed by atoms with Crippen LogP contribution in [0.1, 0.15) is 86.4 Å². The number of hydrogen-bond donors (Lipinski definition) is 0. The van der Waals surface area contributed by atoms with Crippen molar-refractivity contribution in [3.63, 3.8) is 0 Å². The third-order valence-corrected chi connectivity index (χ3v) is 6.60. The van der Waals surface area contributed by atoms with Crippen molar-refractivity contribution in [2.75, 3.05) is 5.75 Å². The SMILES string of the molecule is CCCCC(C)SC(=O)c1ccccc1.CCCCCCSC(=O)c1ccccc1. The third kappa shape index (κ3) is 12.2. The number of benzene rings is 2. The van der Waals surface area contributed by atoms with Crippen molar-refractivity contribution < 1.29 is 9.59 Å². The van der Waals surface area contributed by atoms with Gasteiger partial charge in [0.15, 0.2) is 0 Å². The van der Waals surface area contributed by atoms with Crippen molar-refractivity contribution in [3.8, 4) is 0 Å². The molecule has 0 saturated heterocycles. The molecule has 0 spiro atoms. The molecular weight excluding hydrogens is 408 g/mol. The maximum atomic E-state index is 11.8. The maximum absolute atomic E-state index is 11.8. The van der Waals surface area contributed by atoms with E-state index in [0.717, 1.165) is 29.7 Å². The van der Waals surface area contributed by atoms with Crippen LogP contribution in [-0.2, 0) is 0 Å². The van der Waals surface area contributed by atoms with Crippen LogP contribution in [0.5, 0.6) is 0 Å². The minimum Gasteiger partial charge on any atom is -0.282 e. The lowest BCUT2D eigenvalue weighted by atomic mass is 10.2. The molecule has 0 amide bonds. The second-order valence-electron chi connectivity index (χ2n) is 7.29. The van der Waals surface area contributed by atoms with Crippen molar-refractivity contribution in [2.45, 2.75) is 71.0 Å². The quantitative estimate of drug-likeness (QED) is 0.326. The first-order valence-electron chi connectivity index (χ1n) is 11.1. The first kappa shape index (κ1) is 26.5. The van der Waals surface area contributed by atoms with Gasteiger partial charge in [-0.05, 0) is 12.8 Å².